The number of aromatic nitrogens is 2. The third-order valence-electron chi connectivity index (χ3n) is 5.19. The van der Waals surface area contributed by atoms with E-state index in [1.54, 1.807) is 0 Å². The van der Waals surface area contributed by atoms with E-state index in [0.717, 1.165) is 24.3 Å². The number of hydrogen-bond acceptors (Lipinski definition) is 3. The zero-order chi connectivity index (χ0) is 13.4. The summed E-state index contributed by atoms with van der Waals surface area (Å²) in [5, 5.41) is 11.1. The van der Waals surface area contributed by atoms with Gasteiger partial charge in [-0.2, -0.15) is 5.10 Å². The van der Waals surface area contributed by atoms with Crippen molar-refractivity contribution in [2.45, 2.75) is 70.6 Å². The molecule has 0 saturated carbocycles. The van der Waals surface area contributed by atoms with Gasteiger partial charge in [-0.15, -0.1) is 0 Å². The summed E-state index contributed by atoms with van der Waals surface area (Å²) >= 11 is 0. The van der Waals surface area contributed by atoms with Crippen LogP contribution in [-0.4, -0.2) is 40.3 Å². The molecule has 0 radical (unpaired) electrons. The second-order valence-corrected chi connectivity index (χ2v) is 6.37. The van der Waals surface area contributed by atoms with Crippen LogP contribution in [0.2, 0.25) is 0 Å². The van der Waals surface area contributed by atoms with Gasteiger partial charge in [-0.05, 0) is 46.6 Å². The summed E-state index contributed by atoms with van der Waals surface area (Å²) in [5.74, 6) is 0. The molecule has 2 N–H and O–H groups in total. The van der Waals surface area contributed by atoms with Gasteiger partial charge in [0, 0.05) is 35.9 Å². The van der Waals surface area contributed by atoms with Crippen molar-refractivity contribution in [3.8, 4) is 0 Å². The largest absolute Gasteiger partial charge is 0.310 e. The molecule has 3 rings (SSSR count). The van der Waals surface area contributed by atoms with Crippen LogP contribution in [0.25, 0.3) is 0 Å². The Labute approximate surface area is 116 Å². The van der Waals surface area contributed by atoms with Gasteiger partial charge < -0.3 is 10.2 Å². The average molecular weight is 262 g/mol. The fourth-order valence-electron chi connectivity index (χ4n) is 3.86. The molecule has 1 aromatic heterocycles. The summed E-state index contributed by atoms with van der Waals surface area (Å²) in [6.07, 6.45) is 6.81. The van der Waals surface area contributed by atoms with Crippen molar-refractivity contribution < 1.29 is 0 Å². The van der Waals surface area contributed by atoms with Gasteiger partial charge in [0.15, 0.2) is 0 Å². The van der Waals surface area contributed by atoms with Gasteiger partial charge in [0.2, 0.25) is 0 Å². The first-order chi connectivity index (χ1) is 9.15. The first kappa shape index (κ1) is 13.1. The zero-order valence-electron chi connectivity index (χ0n) is 12.4. The Bertz CT molecular complexity index is 406. The number of nitrogens with zero attached hydrogens (tertiary/aromatic N) is 2. The average Bonchev–Trinajstić information content (AvgIpc) is 2.67. The van der Waals surface area contributed by atoms with Gasteiger partial charge in [-0.25, -0.2) is 0 Å². The lowest BCUT2D eigenvalue weighted by Gasteiger charge is -2.47. The van der Waals surface area contributed by atoms with Crippen molar-refractivity contribution in [1.29, 1.82) is 0 Å². The van der Waals surface area contributed by atoms with Gasteiger partial charge in [-0.1, -0.05) is 6.42 Å². The van der Waals surface area contributed by atoms with Gasteiger partial charge in [0.05, 0.1) is 5.69 Å². The van der Waals surface area contributed by atoms with Crippen LogP contribution in [0, 0.1) is 13.8 Å². The maximum atomic E-state index is 4.28. The number of aryl methyl sites for hydroxylation is 2. The molecule has 0 spiro atoms. The van der Waals surface area contributed by atoms with Crippen molar-refractivity contribution in [3.63, 3.8) is 0 Å². The number of aromatic amines is 1. The van der Waals surface area contributed by atoms with Crippen LogP contribution in [0.5, 0.6) is 0 Å². The molecule has 106 valence electrons. The molecule has 4 nitrogen and oxygen atoms in total. The third kappa shape index (κ3) is 2.56. The predicted molar refractivity (Wildman–Crippen MR) is 77.1 cm³/mol. The molecule has 2 atom stereocenters. The minimum absolute atomic E-state index is 0.681. The van der Waals surface area contributed by atoms with Gasteiger partial charge in [0.25, 0.3) is 0 Å². The molecular formula is C15H26N4. The Hall–Kier alpha value is -0.870. The van der Waals surface area contributed by atoms with E-state index in [2.05, 4.69) is 41.3 Å². The lowest BCUT2D eigenvalue weighted by molar-refractivity contribution is 0.0482. The highest BCUT2D eigenvalue weighted by Gasteiger charge is 2.35. The highest BCUT2D eigenvalue weighted by Crippen LogP contribution is 2.32. The van der Waals surface area contributed by atoms with E-state index in [1.165, 1.54) is 43.4 Å². The smallest absolute Gasteiger partial charge is 0.0638 e. The highest BCUT2D eigenvalue weighted by atomic mass is 15.2. The Morgan fingerprint density at radius 2 is 1.95 bits per heavy atom. The first-order valence-electron chi connectivity index (χ1n) is 7.61. The Morgan fingerprint density at radius 3 is 2.53 bits per heavy atom. The molecule has 0 aliphatic carbocycles. The second kappa shape index (κ2) is 5.25. The molecule has 2 bridgehead atoms. The van der Waals surface area contributed by atoms with Crippen molar-refractivity contribution in [2.24, 2.45) is 0 Å². The van der Waals surface area contributed by atoms with Crippen LogP contribution < -0.4 is 5.32 Å². The van der Waals surface area contributed by atoms with Crippen LogP contribution in [0.15, 0.2) is 0 Å². The monoisotopic (exact) mass is 262 g/mol. The Morgan fingerprint density at radius 1 is 1.26 bits per heavy atom. The lowest BCUT2D eigenvalue weighted by atomic mass is 9.82. The van der Waals surface area contributed by atoms with Gasteiger partial charge in [0.1, 0.15) is 0 Å². The van der Waals surface area contributed by atoms with Gasteiger partial charge in [-0.3, -0.25) is 5.10 Å². The minimum atomic E-state index is 0.681. The Balaban J connectivity index is 1.59. The number of nitrogens with one attached hydrogen (secondary N) is 2. The molecule has 0 amide bonds. The number of hydrogen-bond donors (Lipinski definition) is 2. The molecule has 4 heteroatoms. The van der Waals surface area contributed by atoms with E-state index in [9.17, 15) is 0 Å². The second-order valence-electron chi connectivity index (χ2n) is 6.37. The van der Waals surface area contributed by atoms with Gasteiger partial charge >= 0.3 is 0 Å². The molecule has 3 heterocycles. The van der Waals surface area contributed by atoms with Crippen LogP contribution in [0.1, 0.15) is 49.1 Å². The molecule has 1 aromatic rings. The third-order valence-corrected chi connectivity index (χ3v) is 5.19. The number of H-pyrrole nitrogens is 1. The number of fused-ring (bicyclic) bond motifs is 2. The van der Waals surface area contributed by atoms with Crippen molar-refractivity contribution in [3.05, 3.63) is 17.0 Å². The maximum absolute atomic E-state index is 4.28. The summed E-state index contributed by atoms with van der Waals surface area (Å²) < 4.78 is 0. The summed E-state index contributed by atoms with van der Waals surface area (Å²) in [7, 11) is 2.31. The van der Waals surface area contributed by atoms with Crippen molar-refractivity contribution in [1.82, 2.24) is 20.4 Å². The molecule has 2 saturated heterocycles. The fraction of sp³-hybridized carbons (Fsp3) is 0.800. The molecule has 2 aliphatic heterocycles. The first-order valence-corrected chi connectivity index (χ1v) is 7.61. The van der Waals surface area contributed by atoms with Crippen molar-refractivity contribution in [2.75, 3.05) is 7.05 Å². The SMILES string of the molecule is Cc1n[nH]c(C)c1CNC1CC2CCCC(C1)N2C. The molecule has 19 heavy (non-hydrogen) atoms. The standard InChI is InChI=1S/C15H26N4/c1-10-15(11(2)18-17-10)9-16-12-7-13-5-4-6-14(8-12)19(13)3/h12-14,16H,4-9H2,1-3H3,(H,17,18). The summed E-state index contributed by atoms with van der Waals surface area (Å²) in [6.45, 7) is 5.16. The lowest BCUT2D eigenvalue weighted by Crippen LogP contribution is -2.54. The molecule has 0 aromatic carbocycles. The summed E-state index contributed by atoms with van der Waals surface area (Å²) in [6, 6.07) is 2.29. The minimum Gasteiger partial charge on any atom is -0.310 e. The van der Waals surface area contributed by atoms with Crippen LogP contribution in [0.4, 0.5) is 0 Å². The summed E-state index contributed by atoms with van der Waals surface area (Å²) in [4.78, 5) is 2.62. The number of piperidine rings is 2. The van der Waals surface area contributed by atoms with E-state index in [0.29, 0.717) is 6.04 Å². The molecule has 2 aliphatic rings. The maximum Gasteiger partial charge on any atom is 0.0638 e. The van der Waals surface area contributed by atoms with E-state index in [4.69, 9.17) is 0 Å². The zero-order valence-corrected chi connectivity index (χ0v) is 12.4. The van der Waals surface area contributed by atoms with E-state index in [-0.39, 0.29) is 0 Å². The normalized spacial score (nSPS) is 31.6. The molecule has 2 unspecified atom stereocenters. The van der Waals surface area contributed by atoms with Crippen LogP contribution in [0.3, 0.4) is 0 Å². The van der Waals surface area contributed by atoms with E-state index >= 15 is 0 Å². The molecular weight excluding hydrogens is 236 g/mol. The van der Waals surface area contributed by atoms with Crippen LogP contribution in [-0.2, 0) is 6.54 Å². The quantitative estimate of drug-likeness (QED) is 0.877. The Kier molecular flexibility index (Phi) is 3.63. The topological polar surface area (TPSA) is 44.0 Å². The summed E-state index contributed by atoms with van der Waals surface area (Å²) in [5.41, 5.74) is 3.69. The van der Waals surface area contributed by atoms with Crippen LogP contribution >= 0.6 is 0 Å². The fourth-order valence-corrected chi connectivity index (χ4v) is 3.86. The highest BCUT2D eigenvalue weighted by molar-refractivity contribution is 5.22. The molecule has 2 fully saturated rings. The van der Waals surface area contributed by atoms with E-state index in [1.807, 2.05) is 0 Å². The number of rotatable bonds is 3. The van der Waals surface area contributed by atoms with E-state index < -0.39 is 0 Å². The van der Waals surface area contributed by atoms with Crippen molar-refractivity contribution >= 4 is 0 Å². The predicted octanol–water partition coefficient (Wildman–Crippen LogP) is 2.13.